The molecule has 1 aliphatic carbocycles. The molecule has 2 atom stereocenters. The first-order chi connectivity index (χ1) is 10.6. The van der Waals surface area contributed by atoms with Crippen molar-refractivity contribution in [3.8, 4) is 0 Å². The molecule has 0 unspecified atom stereocenters. The van der Waals surface area contributed by atoms with Crippen molar-refractivity contribution in [2.75, 3.05) is 5.32 Å². The van der Waals surface area contributed by atoms with Crippen LogP contribution in [0.1, 0.15) is 46.0 Å². The summed E-state index contributed by atoms with van der Waals surface area (Å²) in [7, 11) is 0. The molecule has 1 amide bonds. The maximum atomic E-state index is 12.3. The number of carbonyl (C=O) groups is 1. The fraction of sp³-hybridized carbons (Fsp3) is 0.529. The van der Waals surface area contributed by atoms with Crippen LogP contribution in [-0.2, 0) is 4.79 Å². The van der Waals surface area contributed by atoms with Crippen LogP contribution in [-0.4, -0.2) is 17.7 Å². The molecule has 1 aliphatic rings. The fourth-order valence-electron chi connectivity index (χ4n) is 2.64. The van der Waals surface area contributed by atoms with E-state index in [-0.39, 0.29) is 11.9 Å². The highest BCUT2D eigenvalue weighted by Gasteiger charge is 2.19. The Hall–Kier alpha value is -1.55. The van der Waals surface area contributed by atoms with E-state index in [0.29, 0.717) is 17.4 Å². The van der Waals surface area contributed by atoms with Crippen molar-refractivity contribution in [2.24, 2.45) is 11.0 Å². The molecule has 120 valence electrons. The lowest BCUT2D eigenvalue weighted by Gasteiger charge is -2.21. The Morgan fingerprint density at radius 2 is 2.09 bits per heavy atom. The van der Waals surface area contributed by atoms with Crippen LogP contribution in [0, 0.1) is 5.92 Å². The second-order valence-electron chi connectivity index (χ2n) is 5.84. The van der Waals surface area contributed by atoms with Crippen LogP contribution in [0.2, 0.25) is 5.02 Å². The molecule has 22 heavy (non-hydrogen) atoms. The van der Waals surface area contributed by atoms with E-state index >= 15 is 0 Å². The molecule has 1 fully saturated rings. The highest BCUT2D eigenvalue weighted by Crippen LogP contribution is 2.20. The molecule has 1 saturated carbocycles. The summed E-state index contributed by atoms with van der Waals surface area (Å²) in [5, 5.41) is 8.24. The van der Waals surface area contributed by atoms with Crippen LogP contribution in [0.25, 0.3) is 0 Å². The van der Waals surface area contributed by atoms with Crippen molar-refractivity contribution < 1.29 is 4.79 Å². The van der Waals surface area contributed by atoms with Crippen LogP contribution < -0.4 is 10.7 Å². The SMILES string of the molecule is CC[C@@H](Nc1ccc(Cl)cc1)C(=O)N/N=C1\CCCC[C@@H]1C. The predicted molar refractivity (Wildman–Crippen MR) is 92.4 cm³/mol. The Kier molecular flexibility index (Phi) is 6.25. The molecular weight excluding hydrogens is 298 g/mol. The van der Waals surface area contributed by atoms with E-state index in [1.807, 2.05) is 19.1 Å². The summed E-state index contributed by atoms with van der Waals surface area (Å²) >= 11 is 5.87. The summed E-state index contributed by atoms with van der Waals surface area (Å²) in [4.78, 5) is 12.3. The molecule has 0 saturated heterocycles. The number of halogens is 1. The summed E-state index contributed by atoms with van der Waals surface area (Å²) in [6.07, 6.45) is 5.26. The first-order valence-corrected chi connectivity index (χ1v) is 8.36. The van der Waals surface area contributed by atoms with Gasteiger partial charge in [-0.15, -0.1) is 0 Å². The third-order valence-electron chi connectivity index (χ3n) is 4.11. The first-order valence-electron chi connectivity index (χ1n) is 7.98. The summed E-state index contributed by atoms with van der Waals surface area (Å²) in [6.45, 7) is 4.15. The van der Waals surface area contributed by atoms with Gasteiger partial charge in [-0.05, 0) is 55.9 Å². The van der Waals surface area contributed by atoms with Gasteiger partial charge in [0.2, 0.25) is 0 Å². The number of hydrogen-bond donors (Lipinski definition) is 2. The molecular formula is C17H24ClN3O. The second-order valence-corrected chi connectivity index (χ2v) is 6.27. The second kappa shape index (κ2) is 8.18. The number of benzene rings is 1. The molecule has 0 spiro atoms. The molecule has 0 heterocycles. The van der Waals surface area contributed by atoms with Crippen LogP contribution >= 0.6 is 11.6 Å². The number of carbonyl (C=O) groups excluding carboxylic acids is 1. The van der Waals surface area contributed by atoms with Crippen LogP contribution in [0.5, 0.6) is 0 Å². The zero-order valence-corrected chi connectivity index (χ0v) is 14.0. The van der Waals surface area contributed by atoms with Gasteiger partial charge in [0.25, 0.3) is 5.91 Å². The quantitative estimate of drug-likeness (QED) is 0.798. The van der Waals surface area contributed by atoms with E-state index < -0.39 is 0 Å². The number of nitrogens with zero attached hydrogens (tertiary/aromatic N) is 1. The predicted octanol–water partition coefficient (Wildman–Crippen LogP) is 4.21. The molecule has 2 N–H and O–H groups in total. The van der Waals surface area contributed by atoms with Crippen LogP contribution in [0.15, 0.2) is 29.4 Å². The minimum absolute atomic E-state index is 0.0947. The lowest BCUT2D eigenvalue weighted by molar-refractivity contribution is -0.121. The van der Waals surface area contributed by atoms with Crippen molar-refractivity contribution in [3.63, 3.8) is 0 Å². The maximum absolute atomic E-state index is 12.3. The smallest absolute Gasteiger partial charge is 0.262 e. The maximum Gasteiger partial charge on any atom is 0.262 e. The van der Waals surface area contributed by atoms with E-state index in [2.05, 4.69) is 22.8 Å². The van der Waals surface area contributed by atoms with Gasteiger partial charge in [-0.3, -0.25) is 4.79 Å². The third-order valence-corrected chi connectivity index (χ3v) is 4.36. The lowest BCUT2D eigenvalue weighted by atomic mass is 9.89. The van der Waals surface area contributed by atoms with Crippen molar-refractivity contribution in [1.29, 1.82) is 0 Å². The number of anilines is 1. The van der Waals surface area contributed by atoms with Crippen molar-refractivity contribution in [2.45, 2.75) is 52.0 Å². The van der Waals surface area contributed by atoms with Gasteiger partial charge in [-0.1, -0.05) is 31.9 Å². The van der Waals surface area contributed by atoms with Crippen LogP contribution in [0.4, 0.5) is 5.69 Å². The zero-order valence-electron chi connectivity index (χ0n) is 13.2. The Morgan fingerprint density at radius 3 is 2.73 bits per heavy atom. The van der Waals surface area contributed by atoms with Gasteiger partial charge in [-0.2, -0.15) is 5.10 Å². The van der Waals surface area contributed by atoms with E-state index in [9.17, 15) is 4.79 Å². The normalized spacial score (nSPS) is 21.4. The Bertz CT molecular complexity index is 527. The fourth-order valence-corrected chi connectivity index (χ4v) is 2.77. The van der Waals surface area contributed by atoms with E-state index in [0.717, 1.165) is 24.2 Å². The standard InChI is InChI=1S/C17H24ClN3O/c1-3-15(19-14-10-8-13(18)9-11-14)17(22)21-20-16-7-5-4-6-12(16)2/h8-12,15,19H,3-7H2,1-2H3,(H,21,22)/b20-16+/t12-,15+/m0/s1. The minimum Gasteiger partial charge on any atom is -0.374 e. The average Bonchev–Trinajstić information content (AvgIpc) is 2.53. The van der Waals surface area contributed by atoms with Gasteiger partial charge < -0.3 is 5.32 Å². The first kappa shape index (κ1) is 16.8. The molecule has 1 aromatic carbocycles. The van der Waals surface area contributed by atoms with E-state index in [4.69, 9.17) is 11.6 Å². The summed E-state index contributed by atoms with van der Waals surface area (Å²) < 4.78 is 0. The van der Waals surface area contributed by atoms with Crippen molar-refractivity contribution in [3.05, 3.63) is 29.3 Å². The molecule has 4 nitrogen and oxygen atoms in total. The number of amides is 1. The third kappa shape index (κ3) is 4.73. The van der Waals surface area contributed by atoms with Gasteiger partial charge in [0.15, 0.2) is 0 Å². The molecule has 0 radical (unpaired) electrons. The average molecular weight is 322 g/mol. The number of rotatable bonds is 5. The van der Waals surface area contributed by atoms with Crippen LogP contribution in [0.3, 0.4) is 0 Å². The number of hydrazone groups is 1. The summed E-state index contributed by atoms with van der Waals surface area (Å²) in [5.74, 6) is 0.376. The van der Waals surface area contributed by atoms with Gasteiger partial charge >= 0.3 is 0 Å². The molecule has 2 rings (SSSR count). The molecule has 0 bridgehead atoms. The number of hydrogen-bond acceptors (Lipinski definition) is 3. The minimum atomic E-state index is -0.301. The summed E-state index contributed by atoms with van der Waals surface area (Å²) in [6, 6.07) is 7.04. The van der Waals surface area contributed by atoms with Gasteiger partial charge in [0.05, 0.1) is 0 Å². The van der Waals surface area contributed by atoms with E-state index in [1.54, 1.807) is 12.1 Å². The molecule has 0 aromatic heterocycles. The summed E-state index contributed by atoms with van der Waals surface area (Å²) in [5.41, 5.74) is 4.72. The van der Waals surface area contributed by atoms with Crippen molar-refractivity contribution in [1.82, 2.24) is 5.43 Å². The van der Waals surface area contributed by atoms with Gasteiger partial charge in [0.1, 0.15) is 6.04 Å². The number of nitrogens with one attached hydrogen (secondary N) is 2. The highest BCUT2D eigenvalue weighted by atomic mass is 35.5. The highest BCUT2D eigenvalue weighted by molar-refractivity contribution is 6.30. The molecule has 5 heteroatoms. The molecule has 0 aliphatic heterocycles. The Balaban J connectivity index is 1.93. The zero-order chi connectivity index (χ0) is 15.9. The Morgan fingerprint density at radius 1 is 1.36 bits per heavy atom. The van der Waals surface area contributed by atoms with Gasteiger partial charge in [0, 0.05) is 16.4 Å². The van der Waals surface area contributed by atoms with E-state index in [1.165, 1.54) is 12.8 Å². The monoisotopic (exact) mass is 321 g/mol. The lowest BCUT2D eigenvalue weighted by Crippen LogP contribution is -2.37. The largest absolute Gasteiger partial charge is 0.374 e. The van der Waals surface area contributed by atoms with Crippen molar-refractivity contribution >= 4 is 28.9 Å². The Labute approximate surface area is 137 Å². The topological polar surface area (TPSA) is 53.5 Å². The molecule has 1 aromatic rings. The van der Waals surface area contributed by atoms with Gasteiger partial charge in [-0.25, -0.2) is 5.43 Å².